The van der Waals surface area contributed by atoms with E-state index >= 15 is 0 Å². The van der Waals surface area contributed by atoms with E-state index in [1.807, 2.05) is 0 Å². The normalized spacial score (nSPS) is 20.0. The van der Waals surface area contributed by atoms with E-state index in [-0.39, 0.29) is 5.69 Å². The van der Waals surface area contributed by atoms with Crippen molar-refractivity contribution in [2.45, 2.75) is 38.3 Å². The number of fused-ring (bicyclic) bond motifs is 1. The van der Waals surface area contributed by atoms with Gasteiger partial charge in [-0.3, -0.25) is 0 Å². The van der Waals surface area contributed by atoms with E-state index < -0.39 is 0 Å². The molecular weight excluding hydrogens is 204 g/mol. The lowest BCUT2D eigenvalue weighted by atomic mass is 9.93. The number of aromatic amines is 1. The third-order valence-electron chi connectivity index (χ3n) is 3.42. The Hall–Kier alpha value is -1.36. The highest BCUT2D eigenvalue weighted by Crippen LogP contribution is 2.25. The molecule has 0 radical (unpaired) electrons. The average Bonchev–Trinajstić information content (AvgIpc) is 2.23. The van der Waals surface area contributed by atoms with Gasteiger partial charge in [-0.05, 0) is 19.3 Å². The van der Waals surface area contributed by atoms with Crippen molar-refractivity contribution >= 4 is 5.82 Å². The molecule has 3 N–H and O–H groups in total. The number of nitrogens with one attached hydrogen (secondary N) is 3. The van der Waals surface area contributed by atoms with Crippen molar-refractivity contribution in [1.82, 2.24) is 15.3 Å². The summed E-state index contributed by atoms with van der Waals surface area (Å²) in [5.74, 6) is 0.788. The van der Waals surface area contributed by atoms with Gasteiger partial charge in [-0.1, -0.05) is 0 Å². The molecule has 0 atom stereocenters. The van der Waals surface area contributed by atoms with Crippen molar-refractivity contribution < 1.29 is 0 Å². The third kappa shape index (κ3) is 1.71. The van der Waals surface area contributed by atoms with E-state index in [0.29, 0.717) is 6.04 Å². The topological polar surface area (TPSA) is 69.8 Å². The van der Waals surface area contributed by atoms with Crippen LogP contribution in [0.15, 0.2) is 4.79 Å². The van der Waals surface area contributed by atoms with Crippen LogP contribution in [0, 0.1) is 0 Å². The molecule has 16 heavy (non-hydrogen) atoms. The highest BCUT2D eigenvalue weighted by Gasteiger charge is 2.21. The van der Waals surface area contributed by atoms with Gasteiger partial charge in [0.2, 0.25) is 0 Å². The molecule has 1 aliphatic carbocycles. The van der Waals surface area contributed by atoms with E-state index in [1.54, 1.807) is 0 Å². The van der Waals surface area contributed by atoms with Crippen LogP contribution in [0.1, 0.15) is 30.5 Å². The minimum absolute atomic E-state index is 0.234. The summed E-state index contributed by atoms with van der Waals surface area (Å²) in [5.41, 5.74) is 1.95. The summed E-state index contributed by atoms with van der Waals surface area (Å²) in [6.45, 7) is 1.73. The van der Waals surface area contributed by atoms with Crippen LogP contribution in [-0.4, -0.2) is 22.6 Å². The number of aromatic nitrogens is 2. The standard InChI is InChI=1S/C11H16N4O/c16-11-14-9-4-5-12-6-8(9)10(15-11)13-7-2-1-3-7/h7,12H,1-6H2,(H2,13,14,15,16). The highest BCUT2D eigenvalue weighted by molar-refractivity contribution is 5.47. The fraction of sp³-hybridized carbons (Fsp3) is 0.636. The Morgan fingerprint density at radius 2 is 2.25 bits per heavy atom. The Morgan fingerprint density at radius 1 is 1.38 bits per heavy atom. The fourth-order valence-electron chi connectivity index (χ4n) is 2.24. The van der Waals surface area contributed by atoms with Gasteiger partial charge in [-0.15, -0.1) is 0 Å². The molecule has 2 aliphatic rings. The summed E-state index contributed by atoms with van der Waals surface area (Å²) < 4.78 is 0. The lowest BCUT2D eigenvalue weighted by Gasteiger charge is -2.29. The molecule has 1 aromatic rings. The first kappa shape index (κ1) is 9.84. The van der Waals surface area contributed by atoms with Crippen molar-refractivity contribution in [3.05, 3.63) is 21.7 Å². The zero-order chi connectivity index (χ0) is 11.0. The molecule has 0 aromatic carbocycles. The number of hydrogen-bond acceptors (Lipinski definition) is 4. The van der Waals surface area contributed by atoms with Gasteiger partial charge < -0.3 is 15.6 Å². The van der Waals surface area contributed by atoms with Crippen molar-refractivity contribution in [3.8, 4) is 0 Å². The predicted molar refractivity (Wildman–Crippen MR) is 61.5 cm³/mol. The van der Waals surface area contributed by atoms with Crippen molar-refractivity contribution in [1.29, 1.82) is 0 Å². The molecule has 0 unspecified atom stereocenters. The smallest absolute Gasteiger partial charge is 0.347 e. The molecule has 1 fully saturated rings. The van der Waals surface area contributed by atoms with Crippen molar-refractivity contribution in [3.63, 3.8) is 0 Å². The van der Waals surface area contributed by atoms with E-state index in [2.05, 4.69) is 20.6 Å². The molecule has 2 heterocycles. The molecule has 0 saturated heterocycles. The molecule has 0 bridgehead atoms. The first-order valence-electron chi connectivity index (χ1n) is 5.92. The molecule has 1 aromatic heterocycles. The van der Waals surface area contributed by atoms with Crippen molar-refractivity contribution in [2.75, 3.05) is 11.9 Å². The van der Waals surface area contributed by atoms with Crippen LogP contribution in [0.4, 0.5) is 5.82 Å². The monoisotopic (exact) mass is 220 g/mol. The molecule has 5 nitrogen and oxygen atoms in total. The van der Waals surface area contributed by atoms with Gasteiger partial charge in [0, 0.05) is 36.8 Å². The van der Waals surface area contributed by atoms with Crippen LogP contribution in [-0.2, 0) is 13.0 Å². The Kier molecular flexibility index (Phi) is 2.40. The van der Waals surface area contributed by atoms with E-state index in [0.717, 1.165) is 36.6 Å². The summed E-state index contributed by atoms with van der Waals surface area (Å²) in [6.07, 6.45) is 4.54. The van der Waals surface area contributed by atoms with Crippen LogP contribution >= 0.6 is 0 Å². The first-order valence-corrected chi connectivity index (χ1v) is 5.92. The molecule has 1 saturated carbocycles. The SMILES string of the molecule is O=c1nc(NC2CCC2)c2c([nH]1)CCNC2. The molecule has 3 rings (SSSR count). The van der Waals surface area contributed by atoms with Crippen LogP contribution < -0.4 is 16.3 Å². The van der Waals surface area contributed by atoms with Gasteiger partial charge >= 0.3 is 5.69 Å². The number of hydrogen-bond donors (Lipinski definition) is 3. The number of rotatable bonds is 2. The number of anilines is 1. The third-order valence-corrected chi connectivity index (χ3v) is 3.42. The van der Waals surface area contributed by atoms with E-state index in [1.165, 1.54) is 19.3 Å². The van der Waals surface area contributed by atoms with Crippen molar-refractivity contribution in [2.24, 2.45) is 0 Å². The minimum Gasteiger partial charge on any atom is -0.367 e. The summed E-state index contributed by atoms with van der Waals surface area (Å²) in [7, 11) is 0. The van der Waals surface area contributed by atoms with E-state index in [9.17, 15) is 4.79 Å². The Bertz CT molecular complexity index is 450. The van der Waals surface area contributed by atoms with Gasteiger partial charge in [0.15, 0.2) is 0 Å². The summed E-state index contributed by atoms with van der Waals surface area (Å²) in [4.78, 5) is 18.3. The Morgan fingerprint density at radius 3 is 3.00 bits per heavy atom. The van der Waals surface area contributed by atoms with Gasteiger partial charge in [-0.2, -0.15) is 4.98 Å². The first-order chi connectivity index (χ1) is 7.83. The molecule has 5 heteroatoms. The van der Waals surface area contributed by atoms with Gasteiger partial charge in [0.05, 0.1) is 0 Å². The lowest BCUT2D eigenvalue weighted by molar-refractivity contribution is 0.443. The largest absolute Gasteiger partial charge is 0.367 e. The predicted octanol–water partition coefficient (Wildman–Crippen LogP) is 0.380. The second kappa shape index (κ2) is 3.90. The Labute approximate surface area is 93.7 Å². The fourth-order valence-corrected chi connectivity index (χ4v) is 2.24. The molecule has 86 valence electrons. The zero-order valence-electron chi connectivity index (χ0n) is 9.18. The maximum absolute atomic E-state index is 11.4. The van der Waals surface area contributed by atoms with Crippen LogP contribution in [0.25, 0.3) is 0 Å². The minimum atomic E-state index is -0.234. The van der Waals surface area contributed by atoms with Gasteiger partial charge in [-0.25, -0.2) is 4.79 Å². The second-order valence-electron chi connectivity index (χ2n) is 4.55. The summed E-state index contributed by atoms with van der Waals surface area (Å²) >= 11 is 0. The summed E-state index contributed by atoms with van der Waals surface area (Å²) in [5, 5.41) is 6.68. The molecule has 0 spiro atoms. The molecular formula is C11H16N4O. The summed E-state index contributed by atoms with van der Waals surface area (Å²) in [6, 6.07) is 0.514. The highest BCUT2D eigenvalue weighted by atomic mass is 16.1. The van der Waals surface area contributed by atoms with Crippen LogP contribution in [0.2, 0.25) is 0 Å². The van der Waals surface area contributed by atoms with Crippen LogP contribution in [0.5, 0.6) is 0 Å². The number of H-pyrrole nitrogens is 1. The number of nitrogens with zero attached hydrogens (tertiary/aromatic N) is 1. The van der Waals surface area contributed by atoms with E-state index in [4.69, 9.17) is 0 Å². The second-order valence-corrected chi connectivity index (χ2v) is 4.55. The lowest BCUT2D eigenvalue weighted by Crippen LogP contribution is -2.33. The molecule has 1 aliphatic heterocycles. The van der Waals surface area contributed by atoms with Gasteiger partial charge in [0.25, 0.3) is 0 Å². The van der Waals surface area contributed by atoms with Crippen LogP contribution in [0.3, 0.4) is 0 Å². The maximum Gasteiger partial charge on any atom is 0.347 e. The van der Waals surface area contributed by atoms with Gasteiger partial charge in [0.1, 0.15) is 5.82 Å². The maximum atomic E-state index is 11.4. The molecule has 0 amide bonds. The Balaban J connectivity index is 1.94. The average molecular weight is 220 g/mol. The zero-order valence-corrected chi connectivity index (χ0v) is 9.18. The quantitative estimate of drug-likeness (QED) is 0.674.